The van der Waals surface area contributed by atoms with Gasteiger partial charge in [0.05, 0.1) is 13.2 Å². The van der Waals surface area contributed by atoms with Crippen molar-refractivity contribution in [2.45, 2.75) is 13.8 Å². The second-order valence-electron chi connectivity index (χ2n) is 8.06. The van der Waals surface area contributed by atoms with Gasteiger partial charge in [0.1, 0.15) is 0 Å². The van der Waals surface area contributed by atoms with Crippen LogP contribution in [0.3, 0.4) is 0 Å². The van der Waals surface area contributed by atoms with Gasteiger partial charge in [-0.2, -0.15) is 0 Å². The lowest BCUT2D eigenvalue weighted by Gasteiger charge is -2.37. The van der Waals surface area contributed by atoms with Crippen LogP contribution in [0.5, 0.6) is 0 Å². The maximum atomic E-state index is 11.9. The van der Waals surface area contributed by atoms with E-state index in [4.69, 9.17) is 4.74 Å². The number of nitrogens with one attached hydrogen (secondary N) is 2. The standard InChI is InChI=1S/C21H35N5O2/c1-18(2)17-22-21(27)23-19-3-5-20(6-4-19)26-11-9-24(10-12-26)7-8-25-13-15-28-16-14-25/h3-6,18H,7-17H2,1-2H3,(H2,22,23,27). The average molecular weight is 390 g/mol. The molecule has 2 heterocycles. The van der Waals surface area contributed by atoms with Crippen molar-refractivity contribution >= 4 is 17.4 Å². The Morgan fingerprint density at radius 2 is 1.57 bits per heavy atom. The van der Waals surface area contributed by atoms with Crippen molar-refractivity contribution in [1.29, 1.82) is 0 Å². The number of morpholine rings is 1. The highest BCUT2D eigenvalue weighted by molar-refractivity contribution is 5.89. The van der Waals surface area contributed by atoms with Gasteiger partial charge in [0.2, 0.25) is 0 Å². The maximum Gasteiger partial charge on any atom is 0.319 e. The van der Waals surface area contributed by atoms with E-state index in [0.717, 1.165) is 71.3 Å². The Labute approximate surface area is 169 Å². The van der Waals surface area contributed by atoms with Gasteiger partial charge in [-0.05, 0) is 30.2 Å². The molecular formula is C21H35N5O2. The molecule has 7 nitrogen and oxygen atoms in total. The summed E-state index contributed by atoms with van der Waals surface area (Å²) in [6.45, 7) is 15.3. The molecule has 2 fully saturated rings. The minimum atomic E-state index is -0.143. The Hall–Kier alpha value is -1.83. The Balaban J connectivity index is 1.38. The van der Waals surface area contributed by atoms with Crippen molar-refractivity contribution in [3.8, 4) is 0 Å². The summed E-state index contributed by atoms with van der Waals surface area (Å²) in [5.41, 5.74) is 2.05. The Kier molecular flexibility index (Phi) is 7.94. The maximum absolute atomic E-state index is 11.9. The molecular weight excluding hydrogens is 354 g/mol. The molecule has 1 aromatic rings. The van der Waals surface area contributed by atoms with Crippen LogP contribution < -0.4 is 15.5 Å². The predicted octanol–water partition coefficient (Wildman–Crippen LogP) is 1.92. The molecule has 3 rings (SSSR count). The summed E-state index contributed by atoms with van der Waals surface area (Å²) in [5, 5.41) is 5.76. The zero-order valence-electron chi connectivity index (χ0n) is 17.3. The van der Waals surface area contributed by atoms with Crippen molar-refractivity contribution in [1.82, 2.24) is 15.1 Å². The topological polar surface area (TPSA) is 60.1 Å². The van der Waals surface area contributed by atoms with Crippen LogP contribution in [0.1, 0.15) is 13.8 Å². The van der Waals surface area contributed by atoms with E-state index >= 15 is 0 Å². The molecule has 28 heavy (non-hydrogen) atoms. The fraction of sp³-hybridized carbons (Fsp3) is 0.667. The summed E-state index contributed by atoms with van der Waals surface area (Å²) >= 11 is 0. The smallest absolute Gasteiger partial charge is 0.319 e. The molecule has 2 N–H and O–H groups in total. The van der Waals surface area contributed by atoms with Crippen molar-refractivity contribution in [2.75, 3.05) is 82.3 Å². The van der Waals surface area contributed by atoms with Gasteiger partial charge in [-0.1, -0.05) is 13.8 Å². The summed E-state index contributed by atoms with van der Waals surface area (Å²) in [6, 6.07) is 8.02. The molecule has 0 unspecified atom stereocenters. The van der Waals surface area contributed by atoms with Gasteiger partial charge < -0.3 is 20.3 Å². The molecule has 0 bridgehead atoms. The molecule has 7 heteroatoms. The zero-order chi connectivity index (χ0) is 19.8. The summed E-state index contributed by atoms with van der Waals surface area (Å²) in [6.07, 6.45) is 0. The zero-order valence-corrected chi connectivity index (χ0v) is 17.3. The molecule has 1 aromatic carbocycles. The molecule has 2 aliphatic rings. The number of urea groups is 1. The second kappa shape index (κ2) is 10.6. The van der Waals surface area contributed by atoms with E-state index in [0.29, 0.717) is 12.5 Å². The number of carbonyl (C=O) groups excluding carboxylic acids is 1. The molecule has 0 spiro atoms. The first-order valence-corrected chi connectivity index (χ1v) is 10.5. The number of nitrogens with zero attached hydrogens (tertiary/aromatic N) is 3. The molecule has 0 saturated carbocycles. The third kappa shape index (κ3) is 6.65. The minimum Gasteiger partial charge on any atom is -0.379 e. The van der Waals surface area contributed by atoms with Crippen LogP contribution in [0.15, 0.2) is 24.3 Å². The lowest BCUT2D eigenvalue weighted by Crippen LogP contribution is -2.49. The molecule has 0 radical (unpaired) electrons. The van der Waals surface area contributed by atoms with Gasteiger partial charge >= 0.3 is 6.03 Å². The van der Waals surface area contributed by atoms with Crippen molar-refractivity contribution < 1.29 is 9.53 Å². The number of anilines is 2. The van der Waals surface area contributed by atoms with E-state index in [-0.39, 0.29) is 6.03 Å². The van der Waals surface area contributed by atoms with Gasteiger partial charge in [0.25, 0.3) is 0 Å². The summed E-state index contributed by atoms with van der Waals surface area (Å²) in [7, 11) is 0. The quantitative estimate of drug-likeness (QED) is 0.746. The molecule has 2 saturated heterocycles. The third-order valence-electron chi connectivity index (χ3n) is 5.37. The van der Waals surface area contributed by atoms with E-state index in [1.807, 2.05) is 12.1 Å². The van der Waals surface area contributed by atoms with E-state index in [1.54, 1.807) is 0 Å². The molecule has 0 atom stereocenters. The van der Waals surface area contributed by atoms with Crippen LogP contribution >= 0.6 is 0 Å². The number of piperazine rings is 1. The highest BCUT2D eigenvalue weighted by Crippen LogP contribution is 2.19. The molecule has 2 aliphatic heterocycles. The van der Waals surface area contributed by atoms with E-state index in [9.17, 15) is 4.79 Å². The van der Waals surface area contributed by atoms with Crippen LogP contribution in [0.4, 0.5) is 16.2 Å². The summed E-state index contributed by atoms with van der Waals surface area (Å²) in [4.78, 5) is 19.3. The third-order valence-corrected chi connectivity index (χ3v) is 5.37. The van der Waals surface area contributed by atoms with E-state index in [2.05, 4.69) is 51.3 Å². The molecule has 0 aliphatic carbocycles. The summed E-state index contributed by atoms with van der Waals surface area (Å²) in [5.74, 6) is 0.445. The monoisotopic (exact) mass is 389 g/mol. The number of hydrogen-bond acceptors (Lipinski definition) is 5. The Morgan fingerprint density at radius 3 is 2.18 bits per heavy atom. The van der Waals surface area contributed by atoms with Crippen LogP contribution in [0.25, 0.3) is 0 Å². The Morgan fingerprint density at radius 1 is 0.964 bits per heavy atom. The number of ether oxygens (including phenoxy) is 1. The van der Waals surface area contributed by atoms with Gasteiger partial charge in [0, 0.05) is 70.3 Å². The fourth-order valence-electron chi connectivity index (χ4n) is 3.56. The van der Waals surface area contributed by atoms with Crippen LogP contribution in [-0.4, -0.2) is 87.9 Å². The fourth-order valence-corrected chi connectivity index (χ4v) is 3.56. The first-order valence-electron chi connectivity index (χ1n) is 10.5. The molecule has 2 amide bonds. The summed E-state index contributed by atoms with van der Waals surface area (Å²) < 4.78 is 5.42. The lowest BCUT2D eigenvalue weighted by atomic mass is 10.2. The Bertz CT molecular complexity index is 593. The number of benzene rings is 1. The normalized spacial score (nSPS) is 19.0. The van der Waals surface area contributed by atoms with Crippen molar-refractivity contribution in [3.05, 3.63) is 24.3 Å². The number of rotatable bonds is 7. The minimum absolute atomic E-state index is 0.143. The van der Waals surface area contributed by atoms with Crippen molar-refractivity contribution in [2.24, 2.45) is 5.92 Å². The SMILES string of the molecule is CC(C)CNC(=O)Nc1ccc(N2CCN(CCN3CCOCC3)CC2)cc1. The van der Waals surface area contributed by atoms with Gasteiger partial charge in [-0.15, -0.1) is 0 Å². The predicted molar refractivity (Wildman–Crippen MR) is 114 cm³/mol. The largest absolute Gasteiger partial charge is 0.379 e. The second-order valence-corrected chi connectivity index (χ2v) is 8.06. The van der Waals surface area contributed by atoms with Crippen LogP contribution in [0.2, 0.25) is 0 Å². The average Bonchev–Trinajstić information content (AvgIpc) is 2.72. The van der Waals surface area contributed by atoms with Gasteiger partial charge in [0.15, 0.2) is 0 Å². The number of carbonyl (C=O) groups is 1. The van der Waals surface area contributed by atoms with Crippen LogP contribution in [-0.2, 0) is 4.74 Å². The highest BCUT2D eigenvalue weighted by atomic mass is 16.5. The molecule has 0 aromatic heterocycles. The first kappa shape index (κ1) is 20.9. The first-order chi connectivity index (χ1) is 13.6. The highest BCUT2D eigenvalue weighted by Gasteiger charge is 2.18. The van der Waals surface area contributed by atoms with E-state index < -0.39 is 0 Å². The number of hydrogen-bond donors (Lipinski definition) is 2. The van der Waals surface area contributed by atoms with Crippen LogP contribution in [0, 0.1) is 5.92 Å². The number of amides is 2. The van der Waals surface area contributed by atoms with Gasteiger partial charge in [-0.25, -0.2) is 4.79 Å². The molecule has 156 valence electrons. The lowest BCUT2D eigenvalue weighted by molar-refractivity contribution is 0.0331. The van der Waals surface area contributed by atoms with Crippen molar-refractivity contribution in [3.63, 3.8) is 0 Å². The van der Waals surface area contributed by atoms with Gasteiger partial charge in [-0.3, -0.25) is 9.80 Å². The van der Waals surface area contributed by atoms with E-state index in [1.165, 1.54) is 5.69 Å².